The molecule has 0 heterocycles. The molecule has 0 radical (unpaired) electrons. The monoisotopic (exact) mass is 323 g/mol. The summed E-state index contributed by atoms with van der Waals surface area (Å²) in [4.78, 5) is 11.6. The van der Waals surface area contributed by atoms with Crippen molar-refractivity contribution in [3.63, 3.8) is 0 Å². The molecule has 22 heavy (non-hydrogen) atoms. The quantitative estimate of drug-likeness (QED) is 0.811. The van der Waals surface area contributed by atoms with Crippen LogP contribution in [0, 0.1) is 5.82 Å². The zero-order valence-corrected chi connectivity index (χ0v) is 12.8. The number of nitrogens with zero attached hydrogens (tertiary/aromatic N) is 1. The third-order valence-corrected chi connectivity index (χ3v) is 4.87. The molecule has 0 spiro atoms. The predicted octanol–water partition coefficient (Wildman–Crippen LogP) is 2.44. The van der Waals surface area contributed by atoms with E-state index < -0.39 is 21.8 Å². The molecular weight excluding hydrogens is 309 g/mol. The molecule has 2 rings (SSSR count). The lowest BCUT2D eigenvalue weighted by atomic mass is 10.2. The number of rotatable bonds is 4. The maximum absolute atomic E-state index is 13.3. The van der Waals surface area contributed by atoms with Gasteiger partial charge in [0.2, 0.25) is 0 Å². The van der Waals surface area contributed by atoms with Gasteiger partial charge >= 0.3 is 5.97 Å². The molecule has 0 atom stereocenters. The van der Waals surface area contributed by atoms with Crippen LogP contribution in [0.1, 0.15) is 10.4 Å². The smallest absolute Gasteiger partial charge is 0.340 e. The largest absolute Gasteiger partial charge is 0.465 e. The molecule has 0 N–H and O–H groups in total. The second-order valence-corrected chi connectivity index (χ2v) is 6.41. The third kappa shape index (κ3) is 2.94. The molecule has 5 nitrogen and oxygen atoms in total. The van der Waals surface area contributed by atoms with E-state index in [-0.39, 0.29) is 16.1 Å². The van der Waals surface area contributed by atoms with E-state index in [1.54, 1.807) is 12.1 Å². The minimum atomic E-state index is -3.99. The lowest BCUT2D eigenvalue weighted by molar-refractivity contribution is 0.0601. The molecule has 0 aliphatic rings. The fraction of sp³-hybridized carbons (Fsp3) is 0.133. The minimum absolute atomic E-state index is 0.104. The van der Waals surface area contributed by atoms with Gasteiger partial charge in [-0.15, -0.1) is 0 Å². The molecule has 0 aliphatic heterocycles. The van der Waals surface area contributed by atoms with E-state index >= 15 is 0 Å². The number of carbonyl (C=O) groups excluding carboxylic acids is 1. The van der Waals surface area contributed by atoms with E-state index in [0.717, 1.165) is 16.4 Å². The van der Waals surface area contributed by atoms with Gasteiger partial charge in [0.1, 0.15) is 5.82 Å². The normalized spacial score (nSPS) is 11.0. The second-order valence-electron chi connectivity index (χ2n) is 4.44. The lowest BCUT2D eigenvalue weighted by Crippen LogP contribution is -2.28. The number of anilines is 1. The summed E-state index contributed by atoms with van der Waals surface area (Å²) in [7, 11) is -1.49. The highest BCUT2D eigenvalue weighted by Gasteiger charge is 2.25. The number of hydrogen-bond acceptors (Lipinski definition) is 4. The molecule has 2 aromatic rings. The van der Waals surface area contributed by atoms with Crippen LogP contribution in [0.2, 0.25) is 0 Å². The Labute approximate surface area is 128 Å². The van der Waals surface area contributed by atoms with Crippen LogP contribution in [-0.2, 0) is 14.8 Å². The average Bonchev–Trinajstić information content (AvgIpc) is 2.53. The highest BCUT2D eigenvalue weighted by atomic mass is 32.2. The van der Waals surface area contributed by atoms with Crippen molar-refractivity contribution in [2.75, 3.05) is 18.5 Å². The van der Waals surface area contributed by atoms with Crippen LogP contribution in [0.15, 0.2) is 53.4 Å². The van der Waals surface area contributed by atoms with Crippen molar-refractivity contribution in [3.8, 4) is 0 Å². The molecular formula is C15H14FNO4S. The SMILES string of the molecule is COC(=O)c1ccccc1N(C)S(=O)(=O)c1cccc(F)c1. The molecule has 116 valence electrons. The highest BCUT2D eigenvalue weighted by molar-refractivity contribution is 7.92. The Morgan fingerprint density at radius 2 is 1.82 bits per heavy atom. The Morgan fingerprint density at radius 3 is 2.45 bits per heavy atom. The Kier molecular flexibility index (Phi) is 4.46. The zero-order chi connectivity index (χ0) is 16.3. The summed E-state index contributed by atoms with van der Waals surface area (Å²) < 4.78 is 43.9. The number of hydrogen-bond donors (Lipinski definition) is 0. The number of para-hydroxylation sites is 1. The second kappa shape index (κ2) is 6.15. The number of esters is 1. The van der Waals surface area contributed by atoms with Crippen LogP contribution in [0.4, 0.5) is 10.1 Å². The van der Waals surface area contributed by atoms with Gasteiger partial charge < -0.3 is 4.74 Å². The Hall–Kier alpha value is -2.41. The molecule has 7 heteroatoms. The van der Waals surface area contributed by atoms with Gasteiger partial charge in [0.05, 0.1) is 23.3 Å². The Morgan fingerprint density at radius 1 is 1.14 bits per heavy atom. The van der Waals surface area contributed by atoms with Crippen LogP contribution >= 0.6 is 0 Å². The number of ether oxygens (including phenoxy) is 1. The summed E-state index contributed by atoms with van der Waals surface area (Å²) in [6.45, 7) is 0. The van der Waals surface area contributed by atoms with Gasteiger partial charge in [0.25, 0.3) is 10.0 Å². The summed E-state index contributed by atoms with van der Waals surface area (Å²) >= 11 is 0. The van der Waals surface area contributed by atoms with Gasteiger partial charge in [0.15, 0.2) is 0 Å². The van der Waals surface area contributed by atoms with Crippen LogP contribution < -0.4 is 4.31 Å². The number of benzene rings is 2. The van der Waals surface area contributed by atoms with E-state index in [9.17, 15) is 17.6 Å². The molecule has 0 saturated carbocycles. The molecule has 0 aromatic heterocycles. The molecule has 2 aromatic carbocycles. The maximum Gasteiger partial charge on any atom is 0.340 e. The van der Waals surface area contributed by atoms with Gasteiger partial charge in [-0.25, -0.2) is 17.6 Å². The summed E-state index contributed by atoms with van der Waals surface area (Å²) in [5.41, 5.74) is 0.256. The topological polar surface area (TPSA) is 63.7 Å². The predicted molar refractivity (Wildman–Crippen MR) is 79.8 cm³/mol. The number of halogens is 1. The lowest BCUT2D eigenvalue weighted by Gasteiger charge is -2.21. The first-order chi connectivity index (χ1) is 10.4. The van der Waals surface area contributed by atoms with Crippen LogP contribution in [0.25, 0.3) is 0 Å². The van der Waals surface area contributed by atoms with E-state index in [2.05, 4.69) is 4.74 Å². The van der Waals surface area contributed by atoms with Crippen molar-refractivity contribution in [2.24, 2.45) is 0 Å². The summed E-state index contributed by atoms with van der Waals surface area (Å²) in [5, 5.41) is 0. The van der Waals surface area contributed by atoms with Gasteiger partial charge in [-0.05, 0) is 30.3 Å². The maximum atomic E-state index is 13.3. The van der Waals surface area contributed by atoms with Crippen molar-refractivity contribution in [1.29, 1.82) is 0 Å². The summed E-state index contributed by atoms with van der Waals surface area (Å²) in [6, 6.07) is 10.8. The van der Waals surface area contributed by atoms with Crippen molar-refractivity contribution in [3.05, 3.63) is 59.9 Å². The first-order valence-electron chi connectivity index (χ1n) is 6.30. The van der Waals surface area contributed by atoms with Crippen molar-refractivity contribution in [1.82, 2.24) is 0 Å². The van der Waals surface area contributed by atoms with Gasteiger partial charge in [-0.1, -0.05) is 18.2 Å². The minimum Gasteiger partial charge on any atom is -0.465 e. The third-order valence-electron chi connectivity index (χ3n) is 3.10. The zero-order valence-electron chi connectivity index (χ0n) is 12.0. The van der Waals surface area contributed by atoms with E-state index in [1.165, 1.54) is 38.4 Å². The van der Waals surface area contributed by atoms with Gasteiger partial charge in [0, 0.05) is 7.05 Å². The average molecular weight is 323 g/mol. The van der Waals surface area contributed by atoms with Crippen molar-refractivity contribution < 1.29 is 22.3 Å². The molecule has 0 bridgehead atoms. The van der Waals surface area contributed by atoms with Crippen molar-refractivity contribution >= 4 is 21.7 Å². The Balaban J connectivity index is 2.52. The standard InChI is InChI=1S/C15H14FNO4S/c1-17(14-9-4-3-8-13(14)15(18)21-2)22(19,20)12-7-5-6-11(16)10-12/h3-10H,1-2H3. The Bertz CT molecular complexity index is 805. The molecule has 0 unspecified atom stereocenters. The van der Waals surface area contributed by atoms with Gasteiger partial charge in [-0.2, -0.15) is 0 Å². The van der Waals surface area contributed by atoms with Crippen LogP contribution in [-0.4, -0.2) is 28.5 Å². The highest BCUT2D eigenvalue weighted by Crippen LogP contribution is 2.26. The number of sulfonamides is 1. The fourth-order valence-corrected chi connectivity index (χ4v) is 3.19. The van der Waals surface area contributed by atoms with Gasteiger partial charge in [-0.3, -0.25) is 4.31 Å². The van der Waals surface area contributed by atoms with E-state index in [4.69, 9.17) is 0 Å². The molecule has 0 aliphatic carbocycles. The van der Waals surface area contributed by atoms with Crippen molar-refractivity contribution in [2.45, 2.75) is 4.90 Å². The summed E-state index contributed by atoms with van der Waals surface area (Å²) in [6.07, 6.45) is 0. The summed E-state index contributed by atoms with van der Waals surface area (Å²) in [5.74, 6) is -1.31. The molecule has 0 saturated heterocycles. The number of methoxy groups -OCH3 is 1. The first kappa shape index (κ1) is 16.0. The molecule has 0 amide bonds. The first-order valence-corrected chi connectivity index (χ1v) is 7.74. The van der Waals surface area contributed by atoms with E-state index in [1.807, 2.05) is 0 Å². The van der Waals surface area contributed by atoms with E-state index in [0.29, 0.717) is 0 Å². The number of carbonyl (C=O) groups is 1. The fourth-order valence-electron chi connectivity index (χ4n) is 1.95. The van der Waals surface area contributed by atoms with Crippen LogP contribution in [0.3, 0.4) is 0 Å². The molecule has 0 fully saturated rings. The van der Waals surface area contributed by atoms with Crippen LogP contribution in [0.5, 0.6) is 0 Å².